The van der Waals surface area contributed by atoms with Crippen LogP contribution in [0.15, 0.2) is 110 Å². The van der Waals surface area contributed by atoms with Gasteiger partial charge in [-0.1, -0.05) is 18.2 Å². The monoisotopic (exact) mass is 1890 g/mol. The van der Waals surface area contributed by atoms with Gasteiger partial charge >= 0.3 is 6.09 Å². The minimum absolute atomic E-state index is 0.00515. The molecule has 137 heavy (non-hydrogen) atoms. The lowest BCUT2D eigenvalue weighted by atomic mass is 9.90. The maximum absolute atomic E-state index is 15.1. The fourth-order valence-corrected chi connectivity index (χ4v) is 20.2. The quantitative estimate of drug-likeness (QED) is 0.0443. The highest BCUT2D eigenvalue weighted by Gasteiger charge is 2.34. The molecule has 27 nitrogen and oxygen atoms in total. The van der Waals surface area contributed by atoms with Gasteiger partial charge in [0.25, 0.3) is 0 Å². The molecule has 7 aliphatic rings. The molecule has 710 valence electrons. The normalized spacial score (nSPS) is 17.7. The molecule has 4 aromatic carbocycles. The van der Waals surface area contributed by atoms with Crippen LogP contribution >= 0.6 is 11.6 Å². The highest BCUT2D eigenvalue weighted by Crippen LogP contribution is 2.42. The summed E-state index contributed by atoms with van der Waals surface area (Å²) < 4.78 is 132. The summed E-state index contributed by atoms with van der Waals surface area (Å²) in [7, 11) is 0. The number of ether oxygens (including phenoxy) is 1. The first kappa shape index (κ1) is 92.9. The number of nitrogens with zero attached hydrogens (tertiary/aromatic N) is 20. The fourth-order valence-electron chi connectivity index (χ4n) is 20.0. The van der Waals surface area contributed by atoms with Gasteiger partial charge in [0, 0.05) is 102 Å². The smallest absolute Gasteiger partial charge is 0.410 e. The van der Waals surface area contributed by atoms with E-state index >= 15 is 4.39 Å². The van der Waals surface area contributed by atoms with E-state index in [1.54, 1.807) is 29.2 Å². The number of likely N-dealkylation sites (tertiary alicyclic amines) is 1. The summed E-state index contributed by atoms with van der Waals surface area (Å²) >= 11 is 5.72. The highest BCUT2D eigenvalue weighted by atomic mass is 35.5. The van der Waals surface area contributed by atoms with E-state index < -0.39 is 52.1 Å². The zero-order valence-electron chi connectivity index (χ0n) is 77.9. The summed E-state index contributed by atoms with van der Waals surface area (Å²) in [5.41, 5.74) is 11.2. The lowest BCUT2D eigenvalue weighted by Gasteiger charge is -2.33. The van der Waals surface area contributed by atoms with E-state index in [1.165, 1.54) is 61.1 Å². The van der Waals surface area contributed by atoms with Gasteiger partial charge < -0.3 is 54.5 Å². The van der Waals surface area contributed by atoms with Crippen LogP contribution in [0.3, 0.4) is 0 Å². The van der Waals surface area contributed by atoms with Gasteiger partial charge in [-0.3, -0.25) is 0 Å². The van der Waals surface area contributed by atoms with E-state index in [0.29, 0.717) is 115 Å². The van der Waals surface area contributed by atoms with Gasteiger partial charge in [0.15, 0.2) is 46.5 Å². The second-order valence-electron chi connectivity index (χ2n) is 38.1. The van der Waals surface area contributed by atoms with Crippen molar-refractivity contribution in [2.75, 3.05) is 55.2 Å². The van der Waals surface area contributed by atoms with Crippen molar-refractivity contribution in [1.29, 1.82) is 0 Å². The lowest BCUT2D eigenvalue weighted by Crippen LogP contribution is -2.42. The molecule has 4 unspecified atom stereocenters. The number of piperidine rings is 3. The Morgan fingerprint density at radius 3 is 0.956 bits per heavy atom. The molecule has 22 rings (SSSR count). The summed E-state index contributed by atoms with van der Waals surface area (Å²) in [6.07, 6.45) is 20.5. The van der Waals surface area contributed by atoms with Crippen LogP contribution in [0, 0.1) is 85.1 Å². The molecular weight excluding hydrogens is 1780 g/mol. The second-order valence-corrected chi connectivity index (χ2v) is 38.4. The van der Waals surface area contributed by atoms with Crippen molar-refractivity contribution in [1.82, 2.24) is 109 Å². The molecule has 11 aromatic heterocycles. The van der Waals surface area contributed by atoms with Gasteiger partial charge in [-0.2, -0.15) is 0 Å². The van der Waals surface area contributed by atoms with Crippen LogP contribution in [-0.2, 0) is 49.7 Å². The maximum atomic E-state index is 15.1. The number of halogens is 9. The van der Waals surface area contributed by atoms with Crippen molar-refractivity contribution in [3.05, 3.63) is 219 Å². The molecule has 0 aliphatic carbocycles. The minimum atomic E-state index is -0.643. The Morgan fingerprint density at radius 1 is 0.380 bits per heavy atom. The number of pyridine rings is 3. The number of aryl methyl sites for hydroxylation is 7. The van der Waals surface area contributed by atoms with Crippen LogP contribution in [0.5, 0.6) is 0 Å². The molecular formula is C101H106ClF8N25O2. The van der Waals surface area contributed by atoms with E-state index in [-0.39, 0.29) is 76.2 Å². The molecule has 0 spiro atoms. The first-order valence-corrected chi connectivity index (χ1v) is 47.5. The number of anilines is 6. The SMILES string of the molecule is CC1CCc2nc3c(F)cc(-c4nc(Cl)ncc4F)cc3n21.Cc1nc(Nc2ncc(F)c(-c3cc(F)c4nc5n(c4c3)C(C)CC5)n2)ccc1CC1CCN(C(=O)OC(C)(C)C)CC1.Cc1nc(Nc2ncc(F)c(-c3cc(F)c4nc5n(c4c3)C(C)CC5)n2)ccc1CC1CCNCC1.Cc1nc(Nc2ncc(F)c(-c3cc(F)c4nc5n(c4c3)C(C)CC5)n2)ccc1CC1CCNCC1. The Kier molecular flexibility index (Phi) is 26.3. The Morgan fingerprint density at radius 2 is 0.664 bits per heavy atom. The van der Waals surface area contributed by atoms with E-state index in [2.05, 4.69) is 136 Å². The number of amides is 1. The second kappa shape index (κ2) is 38.8. The Hall–Kier alpha value is -13.2. The summed E-state index contributed by atoms with van der Waals surface area (Å²) in [6, 6.07) is 24.8. The molecule has 7 aliphatic heterocycles. The fraction of sp³-hybridized carbons (Fsp3) is 0.406. The molecule has 3 fully saturated rings. The number of rotatable bonds is 16. The number of carbonyl (C=O) groups excluding carboxylic acids is 1. The maximum Gasteiger partial charge on any atom is 0.410 e. The average molecular weight is 1890 g/mol. The van der Waals surface area contributed by atoms with E-state index in [0.717, 1.165) is 180 Å². The number of aromatic nitrogens is 19. The third kappa shape index (κ3) is 19.8. The first-order chi connectivity index (χ1) is 65.9. The summed E-state index contributed by atoms with van der Waals surface area (Å²) in [6.45, 7) is 25.5. The average Bonchev–Trinajstić information content (AvgIpc) is 1.61. The predicted octanol–water partition coefficient (Wildman–Crippen LogP) is 21.4. The number of imidazole rings is 4. The van der Waals surface area contributed by atoms with E-state index in [4.69, 9.17) is 21.3 Å². The van der Waals surface area contributed by atoms with Gasteiger partial charge in [-0.05, 0) is 292 Å². The first-order valence-electron chi connectivity index (χ1n) is 47.1. The van der Waals surface area contributed by atoms with Gasteiger partial charge in [-0.15, -0.1) is 0 Å². The molecule has 5 N–H and O–H groups in total. The molecule has 1 amide bonds. The van der Waals surface area contributed by atoms with Crippen LogP contribution < -0.4 is 26.6 Å². The molecule has 0 radical (unpaired) electrons. The van der Waals surface area contributed by atoms with Gasteiger partial charge in [-0.25, -0.2) is 115 Å². The van der Waals surface area contributed by atoms with Crippen LogP contribution in [0.4, 0.5) is 75.2 Å². The number of hydrogen-bond donors (Lipinski definition) is 5. The number of hydrogen-bond acceptors (Lipinski definition) is 22. The zero-order valence-corrected chi connectivity index (χ0v) is 78.6. The van der Waals surface area contributed by atoms with Crippen LogP contribution in [0.25, 0.3) is 89.2 Å². The highest BCUT2D eigenvalue weighted by molar-refractivity contribution is 6.28. The van der Waals surface area contributed by atoms with Crippen molar-refractivity contribution in [2.24, 2.45) is 17.8 Å². The Labute approximate surface area is 790 Å². The standard InChI is InChI=1S/C32H37F2N7O2.2C27H29F2N7.C15H11ClF2N4/c1-18-6-9-27-38-29-23(33)15-22(16-25(29)41(18)27)28-24(34)17-35-30(39-28)37-26-8-7-21(19(2)36-26)14-20-10-12-40(13-11-20)31(42)43-32(3,4)5;2*1-15-3-6-24-34-26-20(28)12-19(13-22(26)36(15)24)25-21(29)14-31-27(35-25)33-23-5-4-18(16(2)32-23)11-17-7-9-30-10-8-17;1-7-2-3-12-20-14-9(17)4-8(5-11(14)22(7)12)13-10(18)6-19-15(16)21-13/h7-8,15-18,20H,6,9-14H2,1-5H3,(H,35,36,37,39);2*4-5,12-15,17,30H,3,6-11H2,1-2H3,(H,31,32,33,35);4-7H,2-3H2,1H3. The van der Waals surface area contributed by atoms with Crippen molar-refractivity contribution in [2.45, 2.75) is 208 Å². The Bertz CT molecular complexity index is 6920. The predicted molar refractivity (Wildman–Crippen MR) is 509 cm³/mol. The summed E-state index contributed by atoms with van der Waals surface area (Å²) in [5, 5.41) is 16.0. The van der Waals surface area contributed by atoms with Crippen molar-refractivity contribution < 1.29 is 44.7 Å². The number of nitrogens with one attached hydrogen (secondary N) is 5. The van der Waals surface area contributed by atoms with Crippen molar-refractivity contribution in [3.8, 4) is 45.0 Å². The van der Waals surface area contributed by atoms with E-state index in [9.17, 15) is 35.5 Å². The number of fused-ring (bicyclic) bond motifs is 12. The molecule has 18 heterocycles. The van der Waals surface area contributed by atoms with E-state index in [1.807, 2.05) is 84.1 Å². The lowest BCUT2D eigenvalue weighted by molar-refractivity contribution is 0.0184. The topological polar surface area (TPSA) is 303 Å². The Balaban J connectivity index is 0.000000119. The van der Waals surface area contributed by atoms with Crippen LogP contribution in [-0.4, -0.2) is 149 Å². The third-order valence-corrected chi connectivity index (χ3v) is 27.4. The van der Waals surface area contributed by atoms with Crippen molar-refractivity contribution >= 4 is 97.1 Å². The molecule has 15 aromatic rings. The minimum Gasteiger partial charge on any atom is -0.444 e. The van der Waals surface area contributed by atoms with Crippen LogP contribution in [0.1, 0.15) is 194 Å². The van der Waals surface area contributed by atoms with Gasteiger partial charge in [0.05, 0.1) is 46.9 Å². The molecule has 4 atom stereocenters. The zero-order chi connectivity index (χ0) is 95.5. The largest absolute Gasteiger partial charge is 0.444 e. The van der Waals surface area contributed by atoms with Gasteiger partial charge in [0.1, 0.15) is 91.2 Å². The van der Waals surface area contributed by atoms with Crippen LogP contribution in [0.2, 0.25) is 5.28 Å². The number of carbonyl (C=O) groups is 1. The molecule has 0 bridgehead atoms. The molecule has 36 heteroatoms. The summed E-state index contributed by atoms with van der Waals surface area (Å²) in [5.74, 6) is 3.03. The van der Waals surface area contributed by atoms with Gasteiger partial charge in [0.2, 0.25) is 23.1 Å². The number of benzene rings is 4. The summed E-state index contributed by atoms with van der Waals surface area (Å²) in [4.78, 5) is 78.9. The third-order valence-electron chi connectivity index (χ3n) is 27.2. The molecule has 0 saturated carbocycles. The van der Waals surface area contributed by atoms with Crippen molar-refractivity contribution in [3.63, 3.8) is 0 Å². The molecule has 3 saturated heterocycles.